The second kappa shape index (κ2) is 5.87. The van der Waals surface area contributed by atoms with Crippen molar-refractivity contribution in [3.05, 3.63) is 65.9 Å². The molecule has 0 aliphatic rings. The number of nitrogens with one attached hydrogen (secondary N) is 1. The Labute approximate surface area is 113 Å². The molecule has 0 aliphatic carbocycles. The van der Waals surface area contributed by atoms with Gasteiger partial charge in [-0.2, -0.15) is 0 Å². The normalized spacial score (nSPS) is 15.7. The van der Waals surface area contributed by atoms with Crippen molar-refractivity contribution in [3.8, 4) is 0 Å². The number of rotatable bonds is 4. The molecule has 0 fully saturated rings. The number of esters is 1. The van der Waals surface area contributed by atoms with Crippen LogP contribution in [0.2, 0.25) is 1.41 Å². The third-order valence-corrected chi connectivity index (χ3v) is 2.21. The molecule has 0 saturated heterocycles. The molecule has 0 saturated carbocycles. The summed E-state index contributed by atoms with van der Waals surface area (Å²) in [5.74, 6) is -0.884. The largest absolute Gasteiger partial charge is 0.463 e. The molecule has 1 aromatic carbocycles. The van der Waals surface area contributed by atoms with Crippen LogP contribution in [0.1, 0.15) is 23.7 Å². The van der Waals surface area contributed by atoms with Crippen LogP contribution in [-0.2, 0) is 9.53 Å². The van der Waals surface area contributed by atoms with Crippen LogP contribution >= 0.6 is 0 Å². The van der Waals surface area contributed by atoms with Gasteiger partial charge in [-0.25, -0.2) is 4.79 Å². The summed E-state index contributed by atoms with van der Waals surface area (Å²) >= 11 is 0. The van der Waals surface area contributed by atoms with Crippen LogP contribution in [0, 0.1) is 0 Å². The van der Waals surface area contributed by atoms with Gasteiger partial charge in [-0.3, -0.25) is 0 Å². The number of carbonyl (C=O) groups excluding carboxylic acids is 1. The lowest BCUT2D eigenvalue weighted by molar-refractivity contribution is -0.137. The van der Waals surface area contributed by atoms with Crippen molar-refractivity contribution in [2.75, 3.05) is 6.61 Å². The van der Waals surface area contributed by atoms with E-state index in [-0.39, 0.29) is 23.9 Å². The van der Waals surface area contributed by atoms with Crippen molar-refractivity contribution < 1.29 is 16.4 Å². The summed E-state index contributed by atoms with van der Waals surface area (Å²) in [4.78, 5) is 12.5. The second-order valence-electron chi connectivity index (χ2n) is 3.41. The zero-order valence-electron chi connectivity index (χ0n) is 14.9. The smallest absolute Gasteiger partial charge is 0.331 e. The molecule has 2 aromatic rings. The van der Waals surface area contributed by atoms with Crippen molar-refractivity contribution in [1.82, 2.24) is 4.98 Å². The topological polar surface area (TPSA) is 42.1 Å². The van der Waals surface area contributed by atoms with Crippen LogP contribution in [0.5, 0.6) is 0 Å². The number of ether oxygens (including phenoxy) is 1. The Balaban J connectivity index is 2.78. The van der Waals surface area contributed by atoms with Gasteiger partial charge in [-0.15, -0.1) is 0 Å². The van der Waals surface area contributed by atoms with Gasteiger partial charge in [0.2, 0.25) is 0 Å². The summed E-state index contributed by atoms with van der Waals surface area (Å²) in [5, 5.41) is 0. The Hall–Kier alpha value is -2.29. The van der Waals surface area contributed by atoms with Crippen molar-refractivity contribution >= 4 is 11.5 Å². The maximum Gasteiger partial charge on any atom is 0.331 e. The highest BCUT2D eigenvalue weighted by Crippen LogP contribution is 2.21. The van der Waals surface area contributed by atoms with E-state index in [0.29, 0.717) is 10.5 Å². The molecule has 0 aliphatic heterocycles. The van der Waals surface area contributed by atoms with Gasteiger partial charge in [0.1, 0.15) is 0 Å². The molecule has 18 heavy (non-hydrogen) atoms. The van der Waals surface area contributed by atoms with E-state index in [1.807, 2.05) is 0 Å². The molecule has 3 heteroatoms. The Morgan fingerprint density at radius 3 is 2.94 bits per heavy atom. The van der Waals surface area contributed by atoms with Crippen molar-refractivity contribution in [1.29, 1.82) is 0 Å². The average Bonchev–Trinajstić information content (AvgIpc) is 2.74. The first-order chi connectivity index (χ1) is 10.9. The minimum Gasteiger partial charge on any atom is -0.463 e. The monoisotopic (exact) mass is 246 g/mol. The quantitative estimate of drug-likeness (QED) is 0.665. The zero-order chi connectivity index (χ0) is 17.1. The number of hydrogen-bond donors (Lipinski definition) is 1. The van der Waals surface area contributed by atoms with E-state index in [0.717, 1.165) is 0 Å². The second-order valence-corrected chi connectivity index (χ2v) is 3.41. The summed E-state index contributed by atoms with van der Waals surface area (Å²) < 4.78 is 44.1. The van der Waals surface area contributed by atoms with Gasteiger partial charge in [0.15, 0.2) is 1.41 Å². The van der Waals surface area contributed by atoms with Crippen molar-refractivity contribution in [2.45, 2.75) is 6.92 Å². The van der Waals surface area contributed by atoms with Crippen molar-refractivity contribution in [2.24, 2.45) is 0 Å². The minimum absolute atomic E-state index is 0.00366. The average molecular weight is 246 g/mol. The summed E-state index contributed by atoms with van der Waals surface area (Å²) in [7, 11) is 0. The molecule has 0 amide bonds. The molecule has 0 radical (unpaired) electrons. The van der Waals surface area contributed by atoms with Crippen LogP contribution in [0.25, 0.3) is 5.57 Å². The number of hydrogen-bond acceptors (Lipinski definition) is 2. The van der Waals surface area contributed by atoms with Gasteiger partial charge in [0.25, 0.3) is 0 Å². The van der Waals surface area contributed by atoms with E-state index in [2.05, 4.69) is 0 Å². The van der Waals surface area contributed by atoms with Gasteiger partial charge >= 0.3 is 5.97 Å². The zero-order valence-corrected chi connectivity index (χ0v) is 9.86. The fourth-order valence-corrected chi connectivity index (χ4v) is 1.46. The Morgan fingerprint density at radius 1 is 1.56 bits per heavy atom. The number of carbonyl (C=O) groups is 1. The van der Waals surface area contributed by atoms with Crippen LogP contribution in [0.4, 0.5) is 0 Å². The first-order valence-electron chi connectivity index (χ1n) is 7.96. The van der Waals surface area contributed by atoms with Crippen LogP contribution in [0.3, 0.4) is 0 Å². The minimum atomic E-state index is -0.884. The SMILES string of the molecule is [2H]/C(C(=O)OCC)=C(\c1ccccc1)c1c([2H])c([2H])c([2H])n1[2H]. The number of aromatic amines is 1. The number of benzene rings is 1. The number of H-pyrrole nitrogens is 1. The van der Waals surface area contributed by atoms with E-state index < -0.39 is 24.2 Å². The highest BCUT2D eigenvalue weighted by molar-refractivity contribution is 5.95. The molecule has 1 heterocycles. The van der Waals surface area contributed by atoms with Crippen LogP contribution in [-0.4, -0.2) is 17.6 Å². The number of aromatic nitrogens is 1. The summed E-state index contributed by atoms with van der Waals surface area (Å²) in [6.07, 6.45) is -0.477. The van der Waals surface area contributed by atoms with Crippen molar-refractivity contribution in [3.63, 3.8) is 0 Å². The Kier molecular flexibility index (Phi) is 2.35. The van der Waals surface area contributed by atoms with Gasteiger partial charge < -0.3 is 9.71 Å². The molecular formula is C15H15NO2. The molecule has 1 aromatic heterocycles. The van der Waals surface area contributed by atoms with E-state index in [1.165, 1.54) is 0 Å². The lowest BCUT2D eigenvalue weighted by atomic mass is 10.0. The molecule has 0 bridgehead atoms. The van der Waals surface area contributed by atoms with Gasteiger partial charge in [-0.1, -0.05) is 30.3 Å². The lowest BCUT2D eigenvalue weighted by Crippen LogP contribution is -2.01. The summed E-state index contributed by atoms with van der Waals surface area (Å²) in [6.45, 7) is 1.70. The van der Waals surface area contributed by atoms with Gasteiger partial charge in [0, 0.05) is 23.5 Å². The predicted molar refractivity (Wildman–Crippen MR) is 70.9 cm³/mol. The van der Waals surface area contributed by atoms with Crippen LogP contribution < -0.4 is 0 Å². The standard InChI is InChI=1S/C15H15NO2/c1-2-18-15(17)11-13(14-9-6-10-16-14)12-7-4-3-5-8-12/h3-11,16H,2H2,1H3/b13-11-/i6D,9D,10D,11D/hD. The molecule has 1 N–H and O–H groups in total. The highest BCUT2D eigenvalue weighted by atomic mass is 16.5. The fourth-order valence-electron chi connectivity index (χ4n) is 1.46. The molecule has 92 valence electrons. The fraction of sp³-hybridized carbons (Fsp3) is 0.133. The van der Waals surface area contributed by atoms with Crippen LogP contribution in [0.15, 0.2) is 54.6 Å². The third-order valence-electron chi connectivity index (χ3n) is 2.21. The molecule has 0 atom stereocenters. The first-order valence-corrected chi connectivity index (χ1v) is 5.51. The predicted octanol–water partition coefficient (Wildman–Crippen LogP) is 3.01. The van der Waals surface area contributed by atoms with E-state index in [9.17, 15) is 4.79 Å². The molecule has 3 nitrogen and oxygen atoms in total. The maximum atomic E-state index is 12.0. The molecular weight excluding hydrogens is 226 g/mol. The highest BCUT2D eigenvalue weighted by Gasteiger charge is 2.08. The Bertz CT molecular complexity index is 742. The summed E-state index contributed by atoms with van der Waals surface area (Å²) in [5.41, 5.74) is 0.283. The molecule has 0 spiro atoms. The summed E-state index contributed by atoms with van der Waals surface area (Å²) in [6, 6.07) is 7.07. The molecule has 2 rings (SSSR count). The lowest BCUT2D eigenvalue weighted by Gasteiger charge is -2.06. The van der Waals surface area contributed by atoms with Gasteiger partial charge in [-0.05, 0) is 24.6 Å². The van der Waals surface area contributed by atoms with E-state index in [1.54, 1.807) is 37.3 Å². The first kappa shape index (κ1) is 7.21. The van der Waals surface area contributed by atoms with Gasteiger partial charge in [0.05, 0.1) is 12.1 Å². The van der Waals surface area contributed by atoms with E-state index in [4.69, 9.17) is 11.6 Å². The third kappa shape index (κ3) is 2.88. The molecule has 0 unspecified atom stereocenters. The van der Waals surface area contributed by atoms with E-state index >= 15 is 0 Å². The Morgan fingerprint density at radius 2 is 2.33 bits per heavy atom. The maximum absolute atomic E-state index is 12.0.